The molecule has 1 N–H and O–H groups in total. The second kappa shape index (κ2) is 7.73. The lowest BCUT2D eigenvalue weighted by Gasteiger charge is -2.12. The maximum absolute atomic E-state index is 5.98. The lowest BCUT2D eigenvalue weighted by molar-refractivity contribution is 0.336. The molecule has 0 saturated heterocycles. The Labute approximate surface area is 151 Å². The molecule has 0 amide bonds. The van der Waals surface area contributed by atoms with Gasteiger partial charge in [-0.05, 0) is 74.7 Å². The van der Waals surface area contributed by atoms with E-state index in [0.717, 1.165) is 25.9 Å². The van der Waals surface area contributed by atoms with Crippen molar-refractivity contribution in [3.05, 3.63) is 54.9 Å². The molecule has 0 aliphatic carbocycles. The van der Waals surface area contributed by atoms with Gasteiger partial charge in [-0.1, -0.05) is 23.2 Å². The summed E-state index contributed by atoms with van der Waals surface area (Å²) in [6.07, 6.45) is 0. The average molecular weight is 454 g/mol. The molecule has 6 heteroatoms. The molecule has 0 aliphatic heterocycles. The first kappa shape index (κ1) is 16.9. The largest absolute Gasteiger partial charge is 0.492 e. The quantitative estimate of drug-likeness (QED) is 0.555. The summed E-state index contributed by atoms with van der Waals surface area (Å²) in [5.41, 5.74) is 1.99. The van der Waals surface area contributed by atoms with Crippen molar-refractivity contribution in [3.8, 4) is 5.75 Å². The highest BCUT2D eigenvalue weighted by molar-refractivity contribution is 9.11. The Hall–Kier alpha value is -0.420. The van der Waals surface area contributed by atoms with Crippen LogP contribution in [0.25, 0.3) is 0 Å². The third-order valence-electron chi connectivity index (χ3n) is 2.71. The van der Waals surface area contributed by atoms with E-state index in [1.165, 1.54) is 0 Å². The highest BCUT2D eigenvalue weighted by Gasteiger charge is 2.08. The zero-order chi connectivity index (χ0) is 15.4. The standard InChI is InChI=1S/C15H13Br2Cl2NO/c1-2-21-15-13(16)3-9(4-14(15)17)8-20-12-6-10(18)5-11(19)7-12/h3-7,20H,2,8H2,1H3. The van der Waals surface area contributed by atoms with Crippen LogP contribution in [0.2, 0.25) is 10.0 Å². The summed E-state index contributed by atoms with van der Waals surface area (Å²) in [4.78, 5) is 0. The fourth-order valence-corrected chi connectivity index (χ4v) is 3.89. The van der Waals surface area contributed by atoms with Crippen molar-refractivity contribution >= 4 is 60.7 Å². The van der Waals surface area contributed by atoms with E-state index in [1.54, 1.807) is 6.07 Å². The summed E-state index contributed by atoms with van der Waals surface area (Å²) < 4.78 is 7.40. The Balaban J connectivity index is 2.13. The molecule has 2 rings (SSSR count). The van der Waals surface area contributed by atoms with Gasteiger partial charge in [0.2, 0.25) is 0 Å². The Kier molecular flexibility index (Phi) is 6.23. The summed E-state index contributed by atoms with van der Waals surface area (Å²) in [5.74, 6) is 0.812. The number of hydrogen-bond donors (Lipinski definition) is 1. The minimum atomic E-state index is 0.610. The van der Waals surface area contributed by atoms with E-state index in [-0.39, 0.29) is 0 Å². The predicted octanol–water partition coefficient (Wildman–Crippen LogP) is 6.53. The maximum Gasteiger partial charge on any atom is 0.147 e. The SMILES string of the molecule is CCOc1c(Br)cc(CNc2cc(Cl)cc(Cl)c2)cc1Br. The second-order valence-electron chi connectivity index (χ2n) is 4.33. The number of benzene rings is 2. The number of ether oxygens (including phenoxy) is 1. The summed E-state index contributed by atoms with van der Waals surface area (Å²) in [6.45, 7) is 3.23. The van der Waals surface area contributed by atoms with E-state index < -0.39 is 0 Å². The van der Waals surface area contributed by atoms with Crippen LogP contribution in [0, 0.1) is 0 Å². The molecule has 0 fully saturated rings. The van der Waals surface area contributed by atoms with Gasteiger partial charge in [0, 0.05) is 22.3 Å². The molecule has 0 bridgehead atoms. The van der Waals surface area contributed by atoms with Crippen LogP contribution in [-0.4, -0.2) is 6.61 Å². The van der Waals surface area contributed by atoms with Crippen molar-refractivity contribution < 1.29 is 4.74 Å². The van der Waals surface area contributed by atoms with Crippen molar-refractivity contribution in [2.75, 3.05) is 11.9 Å². The van der Waals surface area contributed by atoms with E-state index in [0.29, 0.717) is 23.2 Å². The Bertz CT molecular complexity index is 606. The Morgan fingerprint density at radius 3 is 2.10 bits per heavy atom. The summed E-state index contributed by atoms with van der Waals surface area (Å²) in [6, 6.07) is 9.43. The number of nitrogens with one attached hydrogen (secondary N) is 1. The van der Waals surface area contributed by atoms with E-state index >= 15 is 0 Å². The molecule has 0 heterocycles. The zero-order valence-corrected chi connectivity index (χ0v) is 15.9. The lowest BCUT2D eigenvalue weighted by atomic mass is 10.2. The smallest absolute Gasteiger partial charge is 0.147 e. The van der Waals surface area contributed by atoms with Crippen molar-refractivity contribution in [1.29, 1.82) is 0 Å². The summed E-state index contributed by atoms with van der Waals surface area (Å²) >= 11 is 19.0. The molecule has 112 valence electrons. The van der Waals surface area contributed by atoms with E-state index in [4.69, 9.17) is 27.9 Å². The lowest BCUT2D eigenvalue weighted by Crippen LogP contribution is -2.01. The molecule has 2 nitrogen and oxygen atoms in total. The molecule has 0 atom stereocenters. The van der Waals surface area contributed by atoms with Crippen LogP contribution in [0.1, 0.15) is 12.5 Å². The zero-order valence-electron chi connectivity index (χ0n) is 11.2. The molecule has 0 saturated carbocycles. The van der Waals surface area contributed by atoms with Crippen molar-refractivity contribution in [3.63, 3.8) is 0 Å². The molecule has 2 aromatic rings. The summed E-state index contributed by atoms with van der Waals surface area (Å²) in [5, 5.41) is 4.52. The Morgan fingerprint density at radius 1 is 1.00 bits per heavy atom. The van der Waals surface area contributed by atoms with Crippen LogP contribution < -0.4 is 10.1 Å². The topological polar surface area (TPSA) is 21.3 Å². The summed E-state index contributed by atoms with van der Waals surface area (Å²) in [7, 11) is 0. The molecule has 0 radical (unpaired) electrons. The number of halogens is 4. The minimum absolute atomic E-state index is 0.610. The van der Waals surface area contributed by atoms with Gasteiger partial charge in [-0.2, -0.15) is 0 Å². The van der Waals surface area contributed by atoms with Crippen LogP contribution in [0.5, 0.6) is 5.75 Å². The van der Waals surface area contributed by atoms with Gasteiger partial charge in [-0.15, -0.1) is 0 Å². The average Bonchev–Trinajstić information content (AvgIpc) is 2.39. The first-order valence-electron chi connectivity index (χ1n) is 6.30. The number of anilines is 1. The van der Waals surface area contributed by atoms with Gasteiger partial charge in [-0.3, -0.25) is 0 Å². The van der Waals surface area contributed by atoms with Gasteiger partial charge in [0.15, 0.2) is 0 Å². The molecular weight excluding hydrogens is 441 g/mol. The molecular formula is C15H13Br2Cl2NO. The van der Waals surface area contributed by atoms with Gasteiger partial charge >= 0.3 is 0 Å². The highest BCUT2D eigenvalue weighted by atomic mass is 79.9. The van der Waals surface area contributed by atoms with Gasteiger partial charge in [-0.25, -0.2) is 0 Å². The van der Waals surface area contributed by atoms with Crippen LogP contribution in [-0.2, 0) is 6.54 Å². The van der Waals surface area contributed by atoms with Gasteiger partial charge in [0.25, 0.3) is 0 Å². The van der Waals surface area contributed by atoms with E-state index in [1.807, 2.05) is 31.2 Å². The first-order chi connectivity index (χ1) is 9.99. The molecule has 0 unspecified atom stereocenters. The van der Waals surface area contributed by atoms with Crippen LogP contribution in [0.3, 0.4) is 0 Å². The Morgan fingerprint density at radius 2 is 1.57 bits per heavy atom. The minimum Gasteiger partial charge on any atom is -0.492 e. The van der Waals surface area contributed by atoms with Gasteiger partial charge < -0.3 is 10.1 Å². The molecule has 2 aromatic carbocycles. The molecule has 0 aliphatic rings. The molecule has 0 spiro atoms. The second-order valence-corrected chi connectivity index (χ2v) is 6.91. The molecule has 21 heavy (non-hydrogen) atoms. The fourth-order valence-electron chi connectivity index (χ4n) is 1.86. The van der Waals surface area contributed by atoms with Gasteiger partial charge in [0.1, 0.15) is 5.75 Å². The van der Waals surface area contributed by atoms with E-state index in [2.05, 4.69) is 37.2 Å². The normalized spacial score (nSPS) is 10.5. The monoisotopic (exact) mass is 451 g/mol. The van der Waals surface area contributed by atoms with Crippen LogP contribution >= 0.6 is 55.1 Å². The number of rotatable bonds is 5. The maximum atomic E-state index is 5.98. The third kappa shape index (κ3) is 4.78. The van der Waals surface area contributed by atoms with Crippen LogP contribution in [0.15, 0.2) is 39.3 Å². The van der Waals surface area contributed by atoms with Crippen molar-refractivity contribution in [2.45, 2.75) is 13.5 Å². The fraction of sp³-hybridized carbons (Fsp3) is 0.200. The molecule has 0 aromatic heterocycles. The first-order valence-corrected chi connectivity index (χ1v) is 8.64. The van der Waals surface area contributed by atoms with Crippen molar-refractivity contribution in [2.24, 2.45) is 0 Å². The number of hydrogen-bond acceptors (Lipinski definition) is 2. The van der Waals surface area contributed by atoms with Gasteiger partial charge in [0.05, 0.1) is 15.6 Å². The highest BCUT2D eigenvalue weighted by Crippen LogP contribution is 2.35. The third-order valence-corrected chi connectivity index (χ3v) is 4.32. The van der Waals surface area contributed by atoms with Crippen molar-refractivity contribution in [1.82, 2.24) is 0 Å². The van der Waals surface area contributed by atoms with Crippen LogP contribution in [0.4, 0.5) is 5.69 Å². The van der Waals surface area contributed by atoms with E-state index in [9.17, 15) is 0 Å². The predicted molar refractivity (Wildman–Crippen MR) is 96.8 cm³/mol.